The number of hydrogen-bond donors (Lipinski definition) is 1. The average molecular weight is 284 g/mol. The number of rotatable bonds is 3. The molecule has 1 aliphatic carbocycles. The van der Waals surface area contributed by atoms with E-state index in [1.807, 2.05) is 17.7 Å². The highest BCUT2D eigenvalue weighted by atomic mass is 35.5. The molecule has 0 unspecified atom stereocenters. The third-order valence-corrected chi connectivity index (χ3v) is 3.33. The van der Waals surface area contributed by atoms with Crippen molar-refractivity contribution in [3.8, 4) is 0 Å². The molecule has 1 N–H and O–H groups in total. The summed E-state index contributed by atoms with van der Waals surface area (Å²) in [5.41, 5.74) is 0.892. The molecule has 1 aliphatic rings. The first kappa shape index (κ1) is 12.4. The number of nitrogens with one attached hydrogen (secondary N) is 1. The SMILES string of the molecule is Cc1cn(C2CC2)c(Nc2c(F)cc(F)cc2Cl)n1. The average Bonchev–Trinajstić information content (AvgIpc) is 3.08. The third kappa shape index (κ3) is 2.42. The Morgan fingerprint density at radius 1 is 1.37 bits per heavy atom. The molecule has 0 atom stereocenters. The number of benzene rings is 1. The molecule has 3 nitrogen and oxygen atoms in total. The van der Waals surface area contributed by atoms with Crippen LogP contribution < -0.4 is 5.32 Å². The van der Waals surface area contributed by atoms with Gasteiger partial charge in [-0.3, -0.25) is 0 Å². The Kier molecular flexibility index (Phi) is 2.93. The zero-order valence-electron chi connectivity index (χ0n) is 10.3. The van der Waals surface area contributed by atoms with Gasteiger partial charge in [0.1, 0.15) is 5.82 Å². The van der Waals surface area contributed by atoms with Crippen LogP contribution in [0.5, 0.6) is 0 Å². The predicted molar refractivity (Wildman–Crippen MR) is 69.9 cm³/mol. The highest BCUT2D eigenvalue weighted by Crippen LogP contribution is 2.38. The van der Waals surface area contributed by atoms with Gasteiger partial charge in [0.15, 0.2) is 5.82 Å². The summed E-state index contributed by atoms with van der Waals surface area (Å²) in [6.45, 7) is 1.87. The highest BCUT2D eigenvalue weighted by Gasteiger charge is 2.26. The van der Waals surface area contributed by atoms with Gasteiger partial charge in [-0.15, -0.1) is 0 Å². The second kappa shape index (κ2) is 4.49. The fraction of sp³-hybridized carbons (Fsp3) is 0.308. The molecule has 1 aromatic heterocycles. The first-order valence-corrected chi connectivity index (χ1v) is 6.39. The number of imidazole rings is 1. The van der Waals surface area contributed by atoms with E-state index in [9.17, 15) is 8.78 Å². The third-order valence-electron chi connectivity index (χ3n) is 3.04. The summed E-state index contributed by atoms with van der Waals surface area (Å²) in [6, 6.07) is 2.28. The van der Waals surface area contributed by atoms with E-state index in [1.165, 1.54) is 0 Å². The predicted octanol–water partition coefficient (Wildman–Crippen LogP) is 4.20. The van der Waals surface area contributed by atoms with Crippen LogP contribution in [0.4, 0.5) is 20.4 Å². The monoisotopic (exact) mass is 283 g/mol. The zero-order valence-corrected chi connectivity index (χ0v) is 11.0. The Labute approximate surface area is 114 Å². The van der Waals surface area contributed by atoms with Gasteiger partial charge in [0, 0.05) is 18.3 Å². The number of aryl methyl sites for hydroxylation is 1. The van der Waals surface area contributed by atoms with E-state index >= 15 is 0 Å². The van der Waals surface area contributed by atoms with E-state index in [2.05, 4.69) is 10.3 Å². The van der Waals surface area contributed by atoms with E-state index < -0.39 is 11.6 Å². The van der Waals surface area contributed by atoms with Crippen LogP contribution in [0.2, 0.25) is 5.02 Å². The zero-order chi connectivity index (χ0) is 13.6. The van der Waals surface area contributed by atoms with E-state index in [0.29, 0.717) is 12.0 Å². The van der Waals surface area contributed by atoms with Crippen LogP contribution in [0, 0.1) is 18.6 Å². The Morgan fingerprint density at radius 2 is 2.11 bits per heavy atom. The van der Waals surface area contributed by atoms with E-state index in [4.69, 9.17) is 11.6 Å². The number of halogens is 3. The lowest BCUT2D eigenvalue weighted by Gasteiger charge is -2.11. The Balaban J connectivity index is 1.97. The summed E-state index contributed by atoms with van der Waals surface area (Å²) in [5, 5.41) is 2.86. The quantitative estimate of drug-likeness (QED) is 0.915. The molecule has 1 aromatic carbocycles. The summed E-state index contributed by atoms with van der Waals surface area (Å²) in [5.74, 6) is -0.893. The molecule has 2 aromatic rings. The summed E-state index contributed by atoms with van der Waals surface area (Å²) < 4.78 is 28.7. The molecule has 0 saturated heterocycles. The van der Waals surface area contributed by atoms with Gasteiger partial charge in [-0.1, -0.05) is 11.6 Å². The van der Waals surface area contributed by atoms with Crippen molar-refractivity contribution in [1.29, 1.82) is 0 Å². The molecule has 0 spiro atoms. The Morgan fingerprint density at radius 3 is 2.74 bits per heavy atom. The largest absolute Gasteiger partial charge is 0.322 e. The summed E-state index contributed by atoms with van der Waals surface area (Å²) in [7, 11) is 0. The van der Waals surface area contributed by atoms with Crippen molar-refractivity contribution in [1.82, 2.24) is 9.55 Å². The molecule has 0 aliphatic heterocycles. The lowest BCUT2D eigenvalue weighted by atomic mass is 10.3. The fourth-order valence-corrected chi connectivity index (χ4v) is 2.25. The number of aromatic nitrogens is 2. The highest BCUT2D eigenvalue weighted by molar-refractivity contribution is 6.33. The molecule has 0 bridgehead atoms. The first-order chi connectivity index (χ1) is 9.04. The molecule has 6 heteroatoms. The van der Waals surface area contributed by atoms with Crippen molar-refractivity contribution in [2.45, 2.75) is 25.8 Å². The van der Waals surface area contributed by atoms with Crippen LogP contribution in [-0.4, -0.2) is 9.55 Å². The molecular formula is C13H12ClF2N3. The first-order valence-electron chi connectivity index (χ1n) is 6.01. The van der Waals surface area contributed by atoms with Gasteiger partial charge < -0.3 is 9.88 Å². The van der Waals surface area contributed by atoms with E-state index in [1.54, 1.807) is 0 Å². The van der Waals surface area contributed by atoms with Crippen molar-refractivity contribution in [2.24, 2.45) is 0 Å². The lowest BCUT2D eigenvalue weighted by molar-refractivity contribution is 0.585. The van der Waals surface area contributed by atoms with Crippen molar-refractivity contribution in [2.75, 3.05) is 5.32 Å². The van der Waals surface area contributed by atoms with E-state index in [-0.39, 0.29) is 10.7 Å². The van der Waals surface area contributed by atoms with Crippen molar-refractivity contribution in [3.05, 3.63) is 40.7 Å². The number of hydrogen-bond acceptors (Lipinski definition) is 2. The Hall–Kier alpha value is -1.62. The van der Waals surface area contributed by atoms with Crippen LogP contribution in [0.3, 0.4) is 0 Å². The fourth-order valence-electron chi connectivity index (χ4n) is 2.01. The van der Waals surface area contributed by atoms with Gasteiger partial charge in [0.2, 0.25) is 5.95 Å². The lowest BCUT2D eigenvalue weighted by Crippen LogP contribution is -2.03. The minimum atomic E-state index is -0.729. The summed E-state index contributed by atoms with van der Waals surface area (Å²) >= 11 is 5.86. The number of nitrogens with zero attached hydrogens (tertiary/aromatic N) is 2. The van der Waals surface area contributed by atoms with Gasteiger partial charge in [-0.25, -0.2) is 13.8 Å². The summed E-state index contributed by atoms with van der Waals surface area (Å²) in [6.07, 6.45) is 4.09. The van der Waals surface area contributed by atoms with Gasteiger partial charge in [0.25, 0.3) is 0 Å². The van der Waals surface area contributed by atoms with Crippen LogP contribution in [0.25, 0.3) is 0 Å². The standard InChI is InChI=1S/C13H12ClF2N3/c1-7-6-19(9-2-3-9)13(17-7)18-12-10(14)4-8(15)5-11(12)16/h4-6,9H,2-3H2,1H3,(H,17,18). The van der Waals surface area contributed by atoms with Crippen molar-refractivity contribution in [3.63, 3.8) is 0 Å². The van der Waals surface area contributed by atoms with Gasteiger partial charge >= 0.3 is 0 Å². The van der Waals surface area contributed by atoms with Crippen LogP contribution in [0.15, 0.2) is 18.3 Å². The molecule has 0 radical (unpaired) electrons. The normalized spacial score (nSPS) is 14.7. The summed E-state index contributed by atoms with van der Waals surface area (Å²) in [4.78, 5) is 4.30. The molecule has 1 saturated carbocycles. The van der Waals surface area contributed by atoms with Gasteiger partial charge in [-0.05, 0) is 25.8 Å². The topological polar surface area (TPSA) is 29.9 Å². The molecule has 0 amide bonds. The number of anilines is 2. The van der Waals surface area contributed by atoms with Crippen LogP contribution in [-0.2, 0) is 0 Å². The van der Waals surface area contributed by atoms with Crippen molar-refractivity contribution < 1.29 is 8.78 Å². The molecule has 100 valence electrons. The van der Waals surface area contributed by atoms with Crippen molar-refractivity contribution >= 4 is 23.2 Å². The molecular weight excluding hydrogens is 272 g/mol. The van der Waals surface area contributed by atoms with Gasteiger partial charge in [0.05, 0.1) is 16.4 Å². The smallest absolute Gasteiger partial charge is 0.207 e. The van der Waals surface area contributed by atoms with Crippen LogP contribution in [0.1, 0.15) is 24.6 Å². The van der Waals surface area contributed by atoms with E-state index in [0.717, 1.165) is 30.7 Å². The second-order valence-electron chi connectivity index (χ2n) is 4.71. The maximum Gasteiger partial charge on any atom is 0.207 e. The van der Waals surface area contributed by atoms with Crippen LogP contribution >= 0.6 is 11.6 Å². The Bertz CT molecular complexity index is 612. The maximum absolute atomic E-state index is 13.7. The minimum absolute atomic E-state index is 0.000463. The second-order valence-corrected chi connectivity index (χ2v) is 5.12. The molecule has 19 heavy (non-hydrogen) atoms. The molecule has 1 fully saturated rings. The van der Waals surface area contributed by atoms with Gasteiger partial charge in [-0.2, -0.15) is 0 Å². The molecule has 1 heterocycles. The molecule has 3 rings (SSSR count). The minimum Gasteiger partial charge on any atom is -0.322 e. The maximum atomic E-state index is 13.7.